The minimum atomic E-state index is -4.63. The van der Waals surface area contributed by atoms with Crippen LogP contribution in [0.1, 0.15) is 43.4 Å². The van der Waals surface area contributed by atoms with Gasteiger partial charge in [-0.25, -0.2) is 16.8 Å². The van der Waals surface area contributed by atoms with Crippen LogP contribution in [-0.2, 0) is 25.9 Å². The van der Waals surface area contributed by atoms with Gasteiger partial charge in [0, 0.05) is 12.6 Å². The molecular weight excluding hydrogens is 451 g/mol. The van der Waals surface area contributed by atoms with Crippen molar-refractivity contribution in [3.05, 3.63) is 59.7 Å². The van der Waals surface area contributed by atoms with Gasteiger partial charge in [0.05, 0.1) is 25.4 Å². The summed E-state index contributed by atoms with van der Waals surface area (Å²) in [5, 5.41) is 2.81. The lowest BCUT2D eigenvalue weighted by atomic mass is 10.0. The van der Waals surface area contributed by atoms with Crippen molar-refractivity contribution in [3.63, 3.8) is 0 Å². The highest BCUT2D eigenvalue weighted by atomic mass is 32.2. The average Bonchev–Trinajstić information content (AvgIpc) is 3.50. The molecule has 1 N–H and O–H groups in total. The van der Waals surface area contributed by atoms with E-state index in [-0.39, 0.29) is 34.0 Å². The van der Waals surface area contributed by atoms with Crippen molar-refractivity contribution >= 4 is 19.7 Å². The smallest absolute Gasteiger partial charge is 0.308 e. The summed E-state index contributed by atoms with van der Waals surface area (Å²) in [4.78, 5) is -0.116. The number of rotatable bonds is 5. The van der Waals surface area contributed by atoms with Crippen LogP contribution in [0.25, 0.3) is 0 Å². The fourth-order valence-corrected chi connectivity index (χ4v) is 7.37. The molecule has 10 heteroatoms. The van der Waals surface area contributed by atoms with Gasteiger partial charge in [-0.2, -0.15) is 13.2 Å². The normalized spacial score (nSPS) is 25.0. The molecule has 1 aliphatic heterocycles. The monoisotopic (exact) mass is 473 g/mol. The number of hydrogen-bond donors (Lipinski definition) is 1. The van der Waals surface area contributed by atoms with Crippen molar-refractivity contribution in [3.8, 4) is 0 Å². The van der Waals surface area contributed by atoms with E-state index in [1.165, 1.54) is 25.1 Å². The molecule has 1 aliphatic carbocycles. The first-order chi connectivity index (χ1) is 14.3. The van der Waals surface area contributed by atoms with Gasteiger partial charge >= 0.3 is 6.18 Å². The fraction of sp³-hybridized carbons (Fsp3) is 0.429. The molecular formula is C21H22F3NO4S2. The standard InChI is InChI=1S/C21H22F3NO4S2/c1-20(31(28,29)18-4-2-3-15(11-18)21(22,23)24)12-19(25-13-20)14-5-7-16(8-6-14)30(26,27)17-9-10-17/h2-8,11,17,19,25H,9-10,12-13H2,1H3. The number of hydrogen-bond acceptors (Lipinski definition) is 5. The van der Waals surface area contributed by atoms with Gasteiger partial charge in [-0.1, -0.05) is 18.2 Å². The molecule has 168 valence electrons. The van der Waals surface area contributed by atoms with Crippen molar-refractivity contribution in [1.82, 2.24) is 5.32 Å². The third-order valence-electron chi connectivity index (χ3n) is 6.05. The van der Waals surface area contributed by atoms with Gasteiger partial charge in [-0.15, -0.1) is 0 Å². The Balaban J connectivity index is 1.57. The minimum absolute atomic E-state index is 0.0678. The first-order valence-electron chi connectivity index (χ1n) is 9.84. The van der Waals surface area contributed by atoms with Gasteiger partial charge in [-0.3, -0.25) is 0 Å². The molecule has 2 aromatic rings. The Morgan fingerprint density at radius 2 is 1.61 bits per heavy atom. The molecule has 2 fully saturated rings. The number of sulfone groups is 2. The van der Waals surface area contributed by atoms with Crippen molar-refractivity contribution in [2.75, 3.05) is 6.54 Å². The maximum absolute atomic E-state index is 13.2. The van der Waals surface area contributed by atoms with Gasteiger partial charge < -0.3 is 5.32 Å². The lowest BCUT2D eigenvalue weighted by molar-refractivity contribution is -0.137. The lowest BCUT2D eigenvalue weighted by Gasteiger charge is -2.24. The zero-order valence-electron chi connectivity index (χ0n) is 16.7. The fourth-order valence-electron chi connectivity index (χ4n) is 3.94. The molecule has 4 rings (SSSR count). The molecule has 5 nitrogen and oxygen atoms in total. The van der Waals surface area contributed by atoms with Crippen molar-refractivity contribution < 1.29 is 30.0 Å². The topological polar surface area (TPSA) is 80.3 Å². The summed E-state index contributed by atoms with van der Waals surface area (Å²) in [5.41, 5.74) is -0.273. The molecule has 0 spiro atoms. The summed E-state index contributed by atoms with van der Waals surface area (Å²) in [5.74, 6) is 0. The molecule has 0 aromatic heterocycles. The molecule has 1 saturated heterocycles. The second-order valence-corrected chi connectivity index (χ2v) is 13.1. The molecule has 2 atom stereocenters. The number of nitrogens with one attached hydrogen (secondary N) is 1. The Morgan fingerprint density at radius 1 is 0.968 bits per heavy atom. The van der Waals surface area contributed by atoms with E-state index < -0.39 is 36.2 Å². The third-order valence-corrected chi connectivity index (χ3v) is 10.8. The van der Waals surface area contributed by atoms with Crippen molar-refractivity contribution in [2.45, 2.75) is 58.2 Å². The van der Waals surface area contributed by atoms with Crippen molar-refractivity contribution in [2.24, 2.45) is 0 Å². The second-order valence-electron chi connectivity index (χ2n) is 8.43. The molecule has 0 radical (unpaired) electrons. The summed E-state index contributed by atoms with van der Waals surface area (Å²) in [6.07, 6.45) is -3.15. The van der Waals surface area contributed by atoms with E-state index in [1.807, 2.05) is 0 Å². The molecule has 0 amide bonds. The number of halogens is 3. The first kappa shape index (κ1) is 22.3. The van der Waals surface area contributed by atoms with Gasteiger partial charge in [0.25, 0.3) is 0 Å². The van der Waals surface area contributed by atoms with E-state index in [1.54, 1.807) is 12.1 Å². The highest BCUT2D eigenvalue weighted by Crippen LogP contribution is 2.40. The molecule has 0 bridgehead atoms. The van der Waals surface area contributed by atoms with Crippen LogP contribution >= 0.6 is 0 Å². The molecule has 2 aromatic carbocycles. The average molecular weight is 474 g/mol. The van der Waals surface area contributed by atoms with Gasteiger partial charge in [-0.05, 0) is 62.1 Å². The maximum Gasteiger partial charge on any atom is 0.416 e. The minimum Gasteiger partial charge on any atom is -0.308 e. The quantitative estimate of drug-likeness (QED) is 0.712. The second kappa shape index (κ2) is 7.31. The zero-order valence-corrected chi connectivity index (χ0v) is 18.3. The van der Waals surface area contributed by atoms with Crippen LogP contribution in [0.5, 0.6) is 0 Å². The van der Waals surface area contributed by atoms with E-state index in [2.05, 4.69) is 5.32 Å². The predicted octanol–water partition coefficient (Wildman–Crippen LogP) is 3.91. The van der Waals surface area contributed by atoms with E-state index in [4.69, 9.17) is 0 Å². The van der Waals surface area contributed by atoms with Gasteiger partial charge in [0.2, 0.25) is 0 Å². The Morgan fingerprint density at radius 3 is 2.19 bits per heavy atom. The van der Waals surface area contributed by atoms with E-state index in [9.17, 15) is 30.0 Å². The summed E-state index contributed by atoms with van der Waals surface area (Å²) >= 11 is 0. The molecule has 1 saturated carbocycles. The van der Waals surface area contributed by atoms with E-state index in [0.29, 0.717) is 18.9 Å². The largest absolute Gasteiger partial charge is 0.416 e. The summed E-state index contributed by atoms with van der Waals surface area (Å²) in [6, 6.07) is 9.82. The van der Waals surface area contributed by atoms with Crippen LogP contribution in [0, 0.1) is 0 Å². The molecule has 2 unspecified atom stereocenters. The Kier molecular flexibility index (Phi) is 5.26. The van der Waals surface area contributed by atoms with Crippen molar-refractivity contribution in [1.29, 1.82) is 0 Å². The van der Waals surface area contributed by atoms with Crippen LogP contribution in [0.3, 0.4) is 0 Å². The van der Waals surface area contributed by atoms with Gasteiger partial charge in [0.1, 0.15) is 0 Å². The summed E-state index contributed by atoms with van der Waals surface area (Å²) in [7, 11) is -7.37. The Bertz CT molecular complexity index is 1200. The number of benzene rings is 2. The van der Waals surface area contributed by atoms with E-state index in [0.717, 1.165) is 17.7 Å². The highest BCUT2D eigenvalue weighted by molar-refractivity contribution is 7.93. The van der Waals surface area contributed by atoms with Crippen LogP contribution < -0.4 is 5.32 Å². The molecule has 1 heterocycles. The number of alkyl halides is 3. The third kappa shape index (κ3) is 4.01. The van der Waals surface area contributed by atoms with Crippen LogP contribution in [-0.4, -0.2) is 33.4 Å². The Hall–Kier alpha value is -1.91. The van der Waals surface area contributed by atoms with Crippen LogP contribution in [0.2, 0.25) is 0 Å². The van der Waals surface area contributed by atoms with Crippen LogP contribution in [0.15, 0.2) is 58.3 Å². The SMILES string of the molecule is CC1(S(=O)(=O)c2cccc(C(F)(F)F)c2)CNC(c2ccc(S(=O)(=O)C3CC3)cc2)C1. The molecule has 31 heavy (non-hydrogen) atoms. The summed E-state index contributed by atoms with van der Waals surface area (Å²) < 4.78 is 88.9. The lowest BCUT2D eigenvalue weighted by Crippen LogP contribution is -2.37. The highest BCUT2D eigenvalue weighted by Gasteiger charge is 2.47. The first-order valence-corrected chi connectivity index (χ1v) is 12.9. The maximum atomic E-state index is 13.2. The summed E-state index contributed by atoms with van der Waals surface area (Å²) in [6.45, 7) is 1.58. The Labute approximate surface area is 179 Å². The van der Waals surface area contributed by atoms with Gasteiger partial charge in [0.15, 0.2) is 19.7 Å². The zero-order chi connectivity index (χ0) is 22.7. The van der Waals surface area contributed by atoms with Crippen LogP contribution in [0.4, 0.5) is 13.2 Å². The molecule has 2 aliphatic rings. The predicted molar refractivity (Wildman–Crippen MR) is 109 cm³/mol. The van der Waals surface area contributed by atoms with E-state index >= 15 is 0 Å².